The van der Waals surface area contributed by atoms with Crippen LogP contribution < -0.4 is 5.32 Å². The van der Waals surface area contributed by atoms with Gasteiger partial charge in [-0.05, 0) is 56.4 Å². The second-order valence-corrected chi connectivity index (χ2v) is 9.03. The molecule has 1 N–H and O–H groups in total. The lowest BCUT2D eigenvalue weighted by atomic mass is 9.95. The Morgan fingerprint density at radius 3 is 3.00 bits per heavy atom. The summed E-state index contributed by atoms with van der Waals surface area (Å²) in [6, 6.07) is 1.57. The molecule has 2 nitrogen and oxygen atoms in total. The molecular weight excluding hydrogens is 252 g/mol. The Labute approximate surface area is 122 Å². The van der Waals surface area contributed by atoms with Crippen molar-refractivity contribution in [3.63, 3.8) is 0 Å². The van der Waals surface area contributed by atoms with E-state index < -0.39 is 0 Å². The number of nitrogens with one attached hydrogen (secondary N) is 1. The molecule has 0 bridgehead atoms. The number of hydrogen-bond acceptors (Lipinski definition) is 3. The quantitative estimate of drug-likeness (QED) is 0.837. The minimum atomic E-state index is 0.755. The van der Waals surface area contributed by atoms with Crippen molar-refractivity contribution in [3.05, 3.63) is 0 Å². The number of nitrogens with zero attached hydrogens (tertiary/aromatic N) is 1. The summed E-state index contributed by atoms with van der Waals surface area (Å²) in [7, 11) is 0. The number of likely N-dealkylation sites (tertiary alicyclic amines) is 1. The number of fused-ring (bicyclic) bond motifs is 1. The van der Waals surface area contributed by atoms with Crippen LogP contribution in [0.25, 0.3) is 0 Å². The predicted octanol–water partition coefficient (Wildman–Crippen LogP) is 2.73. The second kappa shape index (κ2) is 4.92. The first kappa shape index (κ1) is 13.0. The number of piperidine rings is 1. The number of hydrogen-bond donors (Lipinski definition) is 1. The molecule has 19 heavy (non-hydrogen) atoms. The van der Waals surface area contributed by atoms with Crippen LogP contribution >= 0.6 is 11.8 Å². The van der Waals surface area contributed by atoms with Gasteiger partial charge in [-0.15, -0.1) is 0 Å². The zero-order valence-corrected chi connectivity index (χ0v) is 13.1. The molecule has 2 saturated heterocycles. The largest absolute Gasteiger partial charge is 0.308 e. The van der Waals surface area contributed by atoms with Crippen LogP contribution in [0, 0.1) is 11.3 Å². The van der Waals surface area contributed by atoms with Crippen LogP contribution in [0.4, 0.5) is 0 Å². The highest BCUT2D eigenvalue weighted by Crippen LogP contribution is 2.52. The lowest BCUT2D eigenvalue weighted by Crippen LogP contribution is -2.53. The van der Waals surface area contributed by atoms with Gasteiger partial charge in [-0.2, -0.15) is 11.8 Å². The van der Waals surface area contributed by atoms with Gasteiger partial charge in [-0.25, -0.2) is 0 Å². The fourth-order valence-electron chi connectivity index (χ4n) is 4.66. The van der Waals surface area contributed by atoms with E-state index in [-0.39, 0.29) is 0 Å². The molecule has 0 radical (unpaired) electrons. The summed E-state index contributed by atoms with van der Waals surface area (Å²) in [6.45, 7) is 6.50. The lowest BCUT2D eigenvalue weighted by molar-refractivity contribution is 0.147. The van der Waals surface area contributed by atoms with E-state index in [2.05, 4.69) is 28.9 Å². The molecule has 0 aromatic heterocycles. The van der Waals surface area contributed by atoms with Crippen LogP contribution in [0.2, 0.25) is 0 Å². The third-order valence-electron chi connectivity index (χ3n) is 5.88. The van der Waals surface area contributed by atoms with Crippen molar-refractivity contribution >= 4 is 11.8 Å². The van der Waals surface area contributed by atoms with Gasteiger partial charge in [0.25, 0.3) is 0 Å². The standard InChI is InChI=1S/C16H28N2S/c1-12-7-14-15(8-12)19-10-13(17-14)9-18-6-2-3-16(11-18)4-5-16/h12-15,17H,2-11H2,1H3/t12-,13?,14?,15?/m1/s1. The molecule has 4 rings (SSSR count). The van der Waals surface area contributed by atoms with Gasteiger partial charge >= 0.3 is 0 Å². The van der Waals surface area contributed by atoms with Gasteiger partial charge < -0.3 is 10.2 Å². The van der Waals surface area contributed by atoms with Crippen LogP contribution in [0.3, 0.4) is 0 Å². The molecule has 4 atom stereocenters. The minimum absolute atomic E-state index is 0.755. The first-order chi connectivity index (χ1) is 9.22. The summed E-state index contributed by atoms with van der Waals surface area (Å²) in [4.78, 5) is 2.77. The van der Waals surface area contributed by atoms with E-state index in [0.29, 0.717) is 0 Å². The van der Waals surface area contributed by atoms with Gasteiger partial charge in [0.1, 0.15) is 0 Å². The lowest BCUT2D eigenvalue weighted by Gasteiger charge is -2.39. The SMILES string of the molecule is C[C@@H]1CC2NC(CN3CCCC4(CC4)C3)CSC2C1. The summed E-state index contributed by atoms with van der Waals surface area (Å²) in [5, 5.41) is 4.90. The normalized spacial score (nSPS) is 45.3. The molecule has 3 heteroatoms. The Hall–Kier alpha value is 0.270. The van der Waals surface area contributed by atoms with Crippen LogP contribution in [-0.2, 0) is 0 Å². The molecule has 108 valence electrons. The molecule has 0 aromatic rings. The molecule has 0 amide bonds. The molecule has 4 aliphatic rings. The van der Waals surface area contributed by atoms with E-state index in [1.807, 2.05) is 0 Å². The van der Waals surface area contributed by atoms with E-state index >= 15 is 0 Å². The third kappa shape index (κ3) is 2.71. The second-order valence-electron chi connectivity index (χ2n) is 7.76. The van der Waals surface area contributed by atoms with Gasteiger partial charge in [0.15, 0.2) is 0 Å². The third-order valence-corrected chi connectivity index (χ3v) is 7.42. The van der Waals surface area contributed by atoms with Crippen molar-refractivity contribution in [1.29, 1.82) is 0 Å². The van der Waals surface area contributed by atoms with Gasteiger partial charge in [-0.3, -0.25) is 0 Å². The minimum Gasteiger partial charge on any atom is -0.308 e. The summed E-state index contributed by atoms with van der Waals surface area (Å²) in [5.74, 6) is 2.29. The van der Waals surface area contributed by atoms with E-state index in [0.717, 1.165) is 28.7 Å². The summed E-state index contributed by atoms with van der Waals surface area (Å²) in [6.07, 6.45) is 8.85. The molecule has 2 aliphatic heterocycles. The maximum absolute atomic E-state index is 3.98. The van der Waals surface area contributed by atoms with Crippen LogP contribution in [0.1, 0.15) is 45.4 Å². The highest BCUT2D eigenvalue weighted by atomic mass is 32.2. The van der Waals surface area contributed by atoms with Gasteiger partial charge in [-0.1, -0.05) is 6.92 Å². The summed E-state index contributed by atoms with van der Waals surface area (Å²) < 4.78 is 0. The fraction of sp³-hybridized carbons (Fsp3) is 1.00. The topological polar surface area (TPSA) is 15.3 Å². The Kier molecular flexibility index (Phi) is 3.36. The van der Waals surface area contributed by atoms with Crippen LogP contribution in [-0.4, -0.2) is 47.6 Å². The Morgan fingerprint density at radius 2 is 2.16 bits per heavy atom. The maximum atomic E-state index is 3.98. The Morgan fingerprint density at radius 1 is 1.26 bits per heavy atom. The fourth-order valence-corrected chi connectivity index (χ4v) is 6.23. The first-order valence-electron chi connectivity index (χ1n) is 8.32. The molecule has 2 saturated carbocycles. The van der Waals surface area contributed by atoms with Crippen molar-refractivity contribution in [2.75, 3.05) is 25.4 Å². The molecule has 4 fully saturated rings. The molecule has 1 spiro atoms. The van der Waals surface area contributed by atoms with Crippen molar-refractivity contribution in [2.24, 2.45) is 11.3 Å². The average molecular weight is 280 g/mol. The maximum Gasteiger partial charge on any atom is 0.0288 e. The monoisotopic (exact) mass is 280 g/mol. The van der Waals surface area contributed by atoms with Gasteiger partial charge in [0, 0.05) is 36.2 Å². The van der Waals surface area contributed by atoms with Gasteiger partial charge in [0.05, 0.1) is 0 Å². The van der Waals surface area contributed by atoms with Crippen LogP contribution in [0.15, 0.2) is 0 Å². The smallest absolute Gasteiger partial charge is 0.0288 e. The Bertz CT molecular complexity index is 342. The van der Waals surface area contributed by atoms with Crippen molar-refractivity contribution in [1.82, 2.24) is 10.2 Å². The number of rotatable bonds is 2. The van der Waals surface area contributed by atoms with E-state index in [1.165, 1.54) is 63.9 Å². The Balaban J connectivity index is 1.31. The van der Waals surface area contributed by atoms with Crippen molar-refractivity contribution < 1.29 is 0 Å². The van der Waals surface area contributed by atoms with Crippen molar-refractivity contribution in [2.45, 2.75) is 62.8 Å². The van der Waals surface area contributed by atoms with Crippen molar-refractivity contribution in [3.8, 4) is 0 Å². The highest BCUT2D eigenvalue weighted by Gasteiger charge is 2.46. The summed E-state index contributed by atoms with van der Waals surface area (Å²) >= 11 is 2.26. The van der Waals surface area contributed by atoms with E-state index in [9.17, 15) is 0 Å². The predicted molar refractivity (Wildman–Crippen MR) is 82.7 cm³/mol. The van der Waals surface area contributed by atoms with E-state index in [4.69, 9.17) is 0 Å². The molecule has 0 aromatic carbocycles. The number of thioether (sulfide) groups is 1. The average Bonchev–Trinajstić information content (AvgIpc) is 3.00. The van der Waals surface area contributed by atoms with E-state index in [1.54, 1.807) is 0 Å². The zero-order valence-electron chi connectivity index (χ0n) is 12.2. The first-order valence-corrected chi connectivity index (χ1v) is 9.37. The summed E-state index contributed by atoms with van der Waals surface area (Å²) in [5.41, 5.74) is 0.782. The molecule has 3 unspecified atom stereocenters. The molecule has 2 aliphatic carbocycles. The molecular formula is C16H28N2S. The highest BCUT2D eigenvalue weighted by molar-refractivity contribution is 8.00. The van der Waals surface area contributed by atoms with Gasteiger partial charge in [0.2, 0.25) is 0 Å². The molecule has 2 heterocycles. The zero-order chi connectivity index (χ0) is 12.9. The van der Waals surface area contributed by atoms with Crippen LogP contribution in [0.5, 0.6) is 0 Å².